The molecule has 0 saturated carbocycles. The van der Waals surface area contributed by atoms with E-state index in [9.17, 15) is 14.4 Å². The minimum absolute atomic E-state index is 0.00435. The number of hydrogen-bond donors (Lipinski definition) is 1. The van der Waals surface area contributed by atoms with Crippen LogP contribution in [0.2, 0.25) is 0 Å². The quantitative estimate of drug-likeness (QED) is 0.452. The first kappa shape index (κ1) is 21.9. The fraction of sp³-hybridized carbons (Fsp3) is 0.154. The van der Waals surface area contributed by atoms with E-state index in [0.717, 1.165) is 16.7 Å². The van der Waals surface area contributed by atoms with Gasteiger partial charge in [-0.15, -0.1) is 0 Å². The van der Waals surface area contributed by atoms with Crippen molar-refractivity contribution in [1.82, 2.24) is 0 Å². The largest absolute Gasteiger partial charge is 0.476 e. The number of carbonyl (C=O) groups is 1. The summed E-state index contributed by atoms with van der Waals surface area (Å²) in [7, 11) is 0. The number of rotatable bonds is 5. The molecule has 2 unspecified atom stereocenters. The second kappa shape index (κ2) is 9.05. The van der Waals surface area contributed by atoms with Gasteiger partial charge in [-0.05, 0) is 37.6 Å². The SMILES string of the molecule is Cc1ccc(C2C(C#N)=C(N)Oc3cc(OC(=O)C(C)Oc4ccccc4F)ccc32)cc1. The van der Waals surface area contributed by atoms with Crippen LogP contribution in [0.5, 0.6) is 17.2 Å². The zero-order chi connectivity index (χ0) is 23.5. The van der Waals surface area contributed by atoms with Crippen LogP contribution in [0, 0.1) is 24.1 Å². The summed E-state index contributed by atoms with van der Waals surface area (Å²) in [5.74, 6) is -1.15. The Balaban J connectivity index is 1.58. The number of nitrogens with two attached hydrogens (primary N) is 1. The van der Waals surface area contributed by atoms with Crippen LogP contribution < -0.4 is 19.9 Å². The lowest BCUT2D eigenvalue weighted by molar-refractivity contribution is -0.141. The number of allylic oxidation sites excluding steroid dienone is 1. The number of fused-ring (bicyclic) bond motifs is 1. The van der Waals surface area contributed by atoms with E-state index in [1.807, 2.05) is 31.2 Å². The molecule has 0 saturated heterocycles. The molecule has 3 aromatic rings. The van der Waals surface area contributed by atoms with Gasteiger partial charge in [0.25, 0.3) is 0 Å². The van der Waals surface area contributed by atoms with Crippen LogP contribution in [0.25, 0.3) is 0 Å². The highest BCUT2D eigenvalue weighted by atomic mass is 19.1. The highest BCUT2D eigenvalue weighted by Gasteiger charge is 2.31. The van der Waals surface area contributed by atoms with Gasteiger partial charge in [0.1, 0.15) is 23.1 Å². The Bertz CT molecular complexity index is 1280. The normalized spacial score (nSPS) is 15.6. The molecule has 3 aromatic carbocycles. The second-order valence-electron chi connectivity index (χ2n) is 7.65. The van der Waals surface area contributed by atoms with Crippen molar-refractivity contribution in [2.45, 2.75) is 25.9 Å². The molecule has 1 aliphatic rings. The lowest BCUT2D eigenvalue weighted by Gasteiger charge is -2.27. The second-order valence-corrected chi connectivity index (χ2v) is 7.65. The molecule has 0 aliphatic carbocycles. The third kappa shape index (κ3) is 4.51. The maximum Gasteiger partial charge on any atom is 0.352 e. The molecule has 0 radical (unpaired) electrons. The van der Waals surface area contributed by atoms with E-state index < -0.39 is 23.8 Å². The maximum atomic E-state index is 13.8. The first-order valence-corrected chi connectivity index (χ1v) is 10.3. The average molecular weight is 444 g/mol. The van der Waals surface area contributed by atoms with Crippen molar-refractivity contribution >= 4 is 5.97 Å². The monoisotopic (exact) mass is 444 g/mol. The van der Waals surface area contributed by atoms with Crippen LogP contribution in [0.4, 0.5) is 4.39 Å². The number of esters is 1. The topological polar surface area (TPSA) is 94.6 Å². The Kier molecular flexibility index (Phi) is 6.01. The van der Waals surface area contributed by atoms with Crippen molar-refractivity contribution in [3.05, 3.63) is 101 Å². The van der Waals surface area contributed by atoms with Crippen LogP contribution in [0.15, 0.2) is 78.2 Å². The number of aryl methyl sites for hydroxylation is 1. The molecule has 1 aliphatic heterocycles. The van der Waals surface area contributed by atoms with Crippen molar-refractivity contribution in [3.63, 3.8) is 0 Å². The van der Waals surface area contributed by atoms with E-state index >= 15 is 0 Å². The van der Waals surface area contributed by atoms with Crippen molar-refractivity contribution in [2.75, 3.05) is 0 Å². The van der Waals surface area contributed by atoms with Crippen molar-refractivity contribution in [1.29, 1.82) is 5.26 Å². The molecule has 166 valence electrons. The van der Waals surface area contributed by atoms with E-state index in [-0.39, 0.29) is 17.4 Å². The lowest BCUT2D eigenvalue weighted by atomic mass is 9.83. The van der Waals surface area contributed by atoms with E-state index in [2.05, 4.69) is 6.07 Å². The average Bonchev–Trinajstić information content (AvgIpc) is 2.80. The van der Waals surface area contributed by atoms with Gasteiger partial charge in [-0.25, -0.2) is 9.18 Å². The maximum absolute atomic E-state index is 13.8. The van der Waals surface area contributed by atoms with E-state index in [4.69, 9.17) is 19.9 Å². The molecule has 0 amide bonds. The molecule has 0 spiro atoms. The molecule has 6 nitrogen and oxygen atoms in total. The van der Waals surface area contributed by atoms with E-state index in [0.29, 0.717) is 11.3 Å². The summed E-state index contributed by atoms with van der Waals surface area (Å²) in [4.78, 5) is 12.5. The Morgan fingerprint density at radius 2 is 1.88 bits per heavy atom. The first-order chi connectivity index (χ1) is 15.9. The Morgan fingerprint density at radius 3 is 2.58 bits per heavy atom. The third-order valence-electron chi connectivity index (χ3n) is 5.29. The van der Waals surface area contributed by atoms with Crippen LogP contribution in [-0.4, -0.2) is 12.1 Å². The molecule has 4 rings (SSSR count). The van der Waals surface area contributed by atoms with E-state index in [1.54, 1.807) is 18.2 Å². The summed E-state index contributed by atoms with van der Waals surface area (Å²) in [5.41, 5.74) is 9.05. The lowest BCUT2D eigenvalue weighted by Crippen LogP contribution is -2.29. The van der Waals surface area contributed by atoms with Gasteiger partial charge in [-0.1, -0.05) is 48.0 Å². The standard InChI is InChI=1S/C26H21FN2O4/c1-15-7-9-17(10-8-15)24-19-12-11-18(13-23(19)33-25(29)20(24)14-28)32-26(30)16(2)31-22-6-4-3-5-21(22)27/h3-13,16,24H,29H2,1-2H3. The van der Waals surface area contributed by atoms with Crippen molar-refractivity contribution in [3.8, 4) is 23.3 Å². The summed E-state index contributed by atoms with van der Waals surface area (Å²) >= 11 is 0. The minimum Gasteiger partial charge on any atom is -0.476 e. The van der Waals surface area contributed by atoms with Gasteiger partial charge in [0.05, 0.1) is 5.92 Å². The highest BCUT2D eigenvalue weighted by molar-refractivity contribution is 5.77. The minimum atomic E-state index is -1.05. The van der Waals surface area contributed by atoms with Gasteiger partial charge in [-0.3, -0.25) is 0 Å². The molecule has 0 aromatic heterocycles. The number of benzene rings is 3. The number of ether oxygens (including phenoxy) is 3. The van der Waals surface area contributed by atoms with E-state index in [1.165, 1.54) is 31.2 Å². The molecule has 0 fully saturated rings. The number of nitriles is 1. The molecule has 7 heteroatoms. The number of nitrogens with zero attached hydrogens (tertiary/aromatic N) is 1. The van der Waals surface area contributed by atoms with Gasteiger partial charge in [0, 0.05) is 11.6 Å². The predicted octanol–water partition coefficient (Wildman–Crippen LogP) is 4.73. The smallest absolute Gasteiger partial charge is 0.352 e. The van der Waals surface area contributed by atoms with Gasteiger partial charge in [0.2, 0.25) is 5.88 Å². The fourth-order valence-corrected chi connectivity index (χ4v) is 3.58. The zero-order valence-electron chi connectivity index (χ0n) is 18.0. The Morgan fingerprint density at radius 1 is 1.15 bits per heavy atom. The van der Waals surface area contributed by atoms with Crippen molar-refractivity contribution < 1.29 is 23.4 Å². The van der Waals surface area contributed by atoms with Crippen LogP contribution in [0.3, 0.4) is 0 Å². The van der Waals surface area contributed by atoms with Crippen LogP contribution in [-0.2, 0) is 4.79 Å². The molecule has 0 bridgehead atoms. The van der Waals surface area contributed by atoms with Crippen LogP contribution >= 0.6 is 0 Å². The third-order valence-corrected chi connectivity index (χ3v) is 5.29. The summed E-state index contributed by atoms with van der Waals surface area (Å²) in [6, 6.07) is 20.6. The molecule has 2 N–H and O–H groups in total. The molecule has 2 atom stereocenters. The molecular weight excluding hydrogens is 423 g/mol. The zero-order valence-corrected chi connectivity index (χ0v) is 18.0. The molecular formula is C26H21FN2O4. The summed E-state index contributed by atoms with van der Waals surface area (Å²) in [5, 5.41) is 9.67. The summed E-state index contributed by atoms with van der Waals surface area (Å²) in [6.07, 6.45) is -1.05. The number of carbonyl (C=O) groups excluding carboxylic acids is 1. The van der Waals surface area contributed by atoms with Gasteiger partial charge in [0.15, 0.2) is 17.7 Å². The highest BCUT2D eigenvalue weighted by Crippen LogP contribution is 2.43. The first-order valence-electron chi connectivity index (χ1n) is 10.3. The summed E-state index contributed by atoms with van der Waals surface area (Å²) in [6.45, 7) is 3.45. The van der Waals surface area contributed by atoms with Gasteiger partial charge >= 0.3 is 5.97 Å². The molecule has 33 heavy (non-hydrogen) atoms. The van der Waals surface area contributed by atoms with Crippen molar-refractivity contribution in [2.24, 2.45) is 5.73 Å². The fourth-order valence-electron chi connectivity index (χ4n) is 3.58. The summed E-state index contributed by atoms with van der Waals surface area (Å²) < 4.78 is 30.2. The number of para-hydroxylation sites is 1. The number of hydrogen-bond acceptors (Lipinski definition) is 6. The molecule has 1 heterocycles. The van der Waals surface area contributed by atoms with Gasteiger partial charge in [-0.2, -0.15) is 5.26 Å². The predicted molar refractivity (Wildman–Crippen MR) is 119 cm³/mol. The van der Waals surface area contributed by atoms with Crippen LogP contribution in [0.1, 0.15) is 29.5 Å². The van der Waals surface area contributed by atoms with Gasteiger partial charge < -0.3 is 19.9 Å². The number of halogens is 1. The Hall–Kier alpha value is -4.31. The Labute approximate surface area is 190 Å².